The third kappa shape index (κ3) is 9.95. The van der Waals surface area contributed by atoms with Gasteiger partial charge in [-0.25, -0.2) is 19.6 Å². The van der Waals surface area contributed by atoms with E-state index in [-0.39, 0.29) is 25.5 Å². The zero-order valence-corrected chi connectivity index (χ0v) is 33.7. The van der Waals surface area contributed by atoms with Crippen LogP contribution in [-0.2, 0) is 27.2 Å². The number of carbonyl (C=O) groups excluding carboxylic acids is 2. The number of halogens is 1. The van der Waals surface area contributed by atoms with Crippen molar-refractivity contribution in [2.75, 3.05) is 53.0 Å². The zero-order valence-electron chi connectivity index (χ0n) is 32.1. The minimum Gasteiger partial charge on any atom is -0.491 e. The molecule has 1 amide bonds. The van der Waals surface area contributed by atoms with Crippen LogP contribution in [0.15, 0.2) is 65.5 Å². The molecule has 0 aliphatic carbocycles. The Morgan fingerprint density at radius 2 is 1.80 bits per heavy atom. The number of ether oxygens (including phenoxy) is 4. The van der Waals surface area contributed by atoms with Gasteiger partial charge in [0.25, 0.3) is 0 Å². The van der Waals surface area contributed by atoms with Crippen molar-refractivity contribution in [2.24, 2.45) is 0 Å². The van der Waals surface area contributed by atoms with Gasteiger partial charge in [0.05, 0.1) is 28.2 Å². The zero-order chi connectivity index (χ0) is 39.1. The van der Waals surface area contributed by atoms with E-state index in [1.807, 2.05) is 55.5 Å². The van der Waals surface area contributed by atoms with Gasteiger partial charge < -0.3 is 33.6 Å². The lowest BCUT2D eigenvalue weighted by Gasteiger charge is -2.32. The van der Waals surface area contributed by atoms with Crippen LogP contribution in [0.3, 0.4) is 0 Å². The Kier molecular flexibility index (Phi) is 13.0. The summed E-state index contributed by atoms with van der Waals surface area (Å²) in [6.07, 6.45) is 1.56. The molecule has 12 nitrogen and oxygen atoms in total. The number of carbonyl (C=O) groups is 2. The van der Waals surface area contributed by atoms with Crippen molar-refractivity contribution >= 4 is 45.2 Å². The van der Waals surface area contributed by atoms with Crippen LogP contribution in [0, 0.1) is 6.92 Å². The predicted molar refractivity (Wildman–Crippen MR) is 214 cm³/mol. The van der Waals surface area contributed by atoms with Crippen molar-refractivity contribution < 1.29 is 33.0 Å². The maximum atomic E-state index is 13.6. The highest BCUT2D eigenvalue weighted by atomic mass is 35.5. The molecule has 5 aromatic rings. The van der Waals surface area contributed by atoms with Gasteiger partial charge in [0.1, 0.15) is 34.9 Å². The minimum absolute atomic E-state index is 0.145. The topological polar surface area (TPSA) is 128 Å². The number of thiophene rings is 1. The monoisotopic (exact) mass is 789 g/mol. The summed E-state index contributed by atoms with van der Waals surface area (Å²) in [7, 11) is 2.14. The van der Waals surface area contributed by atoms with Gasteiger partial charge in [0, 0.05) is 51.3 Å². The van der Waals surface area contributed by atoms with E-state index in [1.54, 1.807) is 34.0 Å². The van der Waals surface area contributed by atoms with Gasteiger partial charge in [-0.2, -0.15) is 0 Å². The normalized spacial score (nSPS) is 14.5. The number of rotatable bonds is 14. The van der Waals surface area contributed by atoms with Crippen molar-refractivity contribution in [2.45, 2.75) is 59.3 Å². The van der Waals surface area contributed by atoms with Crippen LogP contribution in [-0.4, -0.2) is 96.5 Å². The highest BCUT2D eigenvalue weighted by Gasteiger charge is 2.30. The molecule has 1 fully saturated rings. The molecule has 1 saturated heterocycles. The number of benzene rings is 2. The summed E-state index contributed by atoms with van der Waals surface area (Å²) in [6.45, 7) is 14.9. The van der Waals surface area contributed by atoms with Crippen molar-refractivity contribution in [3.63, 3.8) is 0 Å². The smallest absolute Gasteiger partial charge is 0.407 e. The summed E-state index contributed by atoms with van der Waals surface area (Å²) in [5.41, 5.74) is 3.32. The Hall–Kier alpha value is -4.69. The molecule has 1 atom stereocenters. The molecule has 0 unspecified atom stereocenters. The standard InChI is InChI=1S/C41H48ClN5O7S/c1-7-50-39(48)32(23-27-11-8-9-12-28(27)24-43-40(49)54-41(3,4)5)53-37-34-33(36(31-13-10-21-51-31)55-38(34)45-25-44-37)29-14-15-30(35(42)26(29)2)52-22-20-47-18-16-46(6)17-19-47/h8-15,21,25,32H,7,16-20,22-24H2,1-6H3,(H,43,49)/t32-/m1/s1. The van der Waals surface area contributed by atoms with Crippen LogP contribution >= 0.6 is 22.9 Å². The molecule has 14 heteroatoms. The SMILES string of the molecule is CCOC(=O)[C@@H](Cc1ccccc1CNC(=O)OC(C)(C)C)Oc1ncnc2sc(-c3ccco3)c(-c3ccc(OCCN4CCN(C)CC4)c(Cl)c3C)c12. The molecule has 3 aromatic heterocycles. The van der Waals surface area contributed by atoms with Gasteiger partial charge in [-0.1, -0.05) is 41.9 Å². The largest absolute Gasteiger partial charge is 0.491 e. The van der Waals surface area contributed by atoms with Crippen LogP contribution in [0.2, 0.25) is 5.02 Å². The predicted octanol–water partition coefficient (Wildman–Crippen LogP) is 7.78. The number of nitrogens with one attached hydrogen (secondary N) is 1. The third-order valence-electron chi connectivity index (χ3n) is 9.23. The lowest BCUT2D eigenvalue weighted by atomic mass is 9.97. The Morgan fingerprint density at radius 3 is 2.51 bits per heavy atom. The lowest BCUT2D eigenvalue weighted by Crippen LogP contribution is -2.45. The van der Waals surface area contributed by atoms with E-state index in [4.69, 9.17) is 35.0 Å². The minimum atomic E-state index is -1.08. The molecule has 1 aliphatic heterocycles. The van der Waals surface area contributed by atoms with Crippen molar-refractivity contribution in [3.05, 3.63) is 82.8 Å². The number of alkyl carbamates (subject to hydrolysis) is 1. The molecular formula is C41H48ClN5O7S. The first-order valence-electron chi connectivity index (χ1n) is 18.4. The highest BCUT2D eigenvalue weighted by Crippen LogP contribution is 2.49. The maximum Gasteiger partial charge on any atom is 0.407 e. The van der Waals surface area contributed by atoms with E-state index in [9.17, 15) is 9.59 Å². The molecule has 4 heterocycles. The Labute approximate surface area is 330 Å². The summed E-state index contributed by atoms with van der Waals surface area (Å²) in [6, 6.07) is 15.1. The van der Waals surface area contributed by atoms with E-state index in [2.05, 4.69) is 32.1 Å². The van der Waals surface area contributed by atoms with Gasteiger partial charge in [0.2, 0.25) is 12.0 Å². The van der Waals surface area contributed by atoms with E-state index in [0.29, 0.717) is 33.4 Å². The second-order valence-electron chi connectivity index (χ2n) is 14.4. The molecule has 6 rings (SSSR count). The Balaban J connectivity index is 1.33. The molecule has 1 N–H and O–H groups in total. The fourth-order valence-electron chi connectivity index (χ4n) is 6.39. The van der Waals surface area contributed by atoms with Gasteiger partial charge in [-0.3, -0.25) is 4.90 Å². The average Bonchev–Trinajstić information content (AvgIpc) is 3.82. The molecule has 292 valence electrons. The Morgan fingerprint density at radius 1 is 1.04 bits per heavy atom. The van der Waals surface area contributed by atoms with Crippen LogP contribution < -0.4 is 14.8 Å². The fourth-order valence-corrected chi connectivity index (χ4v) is 7.72. The highest BCUT2D eigenvalue weighted by molar-refractivity contribution is 7.22. The number of likely N-dealkylation sites (N-methyl/N-ethyl adjacent to an activating group) is 1. The van der Waals surface area contributed by atoms with E-state index >= 15 is 0 Å². The van der Waals surface area contributed by atoms with E-state index in [0.717, 1.165) is 65.4 Å². The van der Waals surface area contributed by atoms with Crippen LogP contribution in [0.4, 0.5) is 4.79 Å². The van der Waals surface area contributed by atoms with Crippen LogP contribution in [0.1, 0.15) is 44.4 Å². The first-order valence-corrected chi connectivity index (χ1v) is 19.6. The van der Waals surface area contributed by atoms with Crippen LogP contribution in [0.5, 0.6) is 11.6 Å². The molecule has 1 aliphatic rings. The van der Waals surface area contributed by atoms with Gasteiger partial charge >= 0.3 is 12.1 Å². The Bertz CT molecular complexity index is 2090. The molecule has 0 spiro atoms. The molecular weight excluding hydrogens is 742 g/mol. The number of esters is 1. The third-order valence-corrected chi connectivity index (χ3v) is 10.8. The second-order valence-corrected chi connectivity index (χ2v) is 15.7. The number of furan rings is 1. The van der Waals surface area contributed by atoms with Crippen LogP contribution in [0.25, 0.3) is 32.0 Å². The van der Waals surface area contributed by atoms with Crippen molar-refractivity contribution in [1.82, 2.24) is 25.1 Å². The first-order chi connectivity index (χ1) is 26.4. The van der Waals surface area contributed by atoms with Crippen molar-refractivity contribution in [1.29, 1.82) is 0 Å². The van der Waals surface area contributed by atoms with Gasteiger partial charge in [0.15, 0.2) is 0 Å². The first kappa shape index (κ1) is 40.0. The molecule has 2 aromatic carbocycles. The number of amides is 1. The molecule has 0 radical (unpaired) electrons. The summed E-state index contributed by atoms with van der Waals surface area (Å²) in [4.78, 5) is 41.4. The number of hydrogen-bond acceptors (Lipinski definition) is 12. The summed E-state index contributed by atoms with van der Waals surface area (Å²) in [5, 5.41) is 3.92. The van der Waals surface area contributed by atoms with Gasteiger partial charge in [-0.15, -0.1) is 11.3 Å². The summed E-state index contributed by atoms with van der Waals surface area (Å²) < 4.78 is 29.6. The van der Waals surface area contributed by atoms with E-state index < -0.39 is 23.8 Å². The summed E-state index contributed by atoms with van der Waals surface area (Å²) >= 11 is 8.47. The molecule has 0 bridgehead atoms. The molecule has 0 saturated carbocycles. The van der Waals surface area contributed by atoms with Crippen molar-refractivity contribution in [3.8, 4) is 33.4 Å². The molecule has 55 heavy (non-hydrogen) atoms. The number of fused-ring (bicyclic) bond motifs is 1. The number of piperazine rings is 1. The number of hydrogen-bond donors (Lipinski definition) is 1. The summed E-state index contributed by atoms with van der Waals surface area (Å²) in [5.74, 6) is 0.899. The maximum absolute atomic E-state index is 13.6. The van der Waals surface area contributed by atoms with Gasteiger partial charge in [-0.05, 0) is 82.1 Å². The lowest BCUT2D eigenvalue weighted by molar-refractivity contribution is -0.151. The number of nitrogens with zero attached hydrogens (tertiary/aromatic N) is 4. The second kappa shape index (κ2) is 17.8. The average molecular weight is 790 g/mol. The quantitative estimate of drug-likeness (QED) is 0.111. The fraction of sp³-hybridized carbons (Fsp3) is 0.415. The van der Waals surface area contributed by atoms with E-state index in [1.165, 1.54) is 17.7 Å². The number of aromatic nitrogens is 2.